The SMILES string of the molecule is CCOC(=O)c1c(-c2ncccc2Br)n[nH]c1C. The summed E-state index contributed by atoms with van der Waals surface area (Å²) in [7, 11) is 0. The molecule has 0 radical (unpaired) electrons. The first-order valence-electron chi connectivity index (χ1n) is 5.48. The number of aromatic amines is 1. The van der Waals surface area contributed by atoms with Crippen LogP contribution in [0.25, 0.3) is 11.4 Å². The molecule has 0 saturated heterocycles. The van der Waals surface area contributed by atoms with Crippen molar-refractivity contribution in [3.63, 3.8) is 0 Å². The topological polar surface area (TPSA) is 67.9 Å². The summed E-state index contributed by atoms with van der Waals surface area (Å²) < 4.78 is 5.81. The van der Waals surface area contributed by atoms with Crippen molar-refractivity contribution in [3.05, 3.63) is 34.1 Å². The summed E-state index contributed by atoms with van der Waals surface area (Å²) >= 11 is 3.40. The molecule has 2 aromatic rings. The Morgan fingerprint density at radius 2 is 2.28 bits per heavy atom. The number of aryl methyl sites for hydroxylation is 1. The van der Waals surface area contributed by atoms with Gasteiger partial charge in [0.25, 0.3) is 0 Å². The smallest absolute Gasteiger partial charge is 0.342 e. The Balaban J connectivity index is 2.53. The van der Waals surface area contributed by atoms with Crippen LogP contribution in [0.1, 0.15) is 23.0 Å². The highest BCUT2D eigenvalue weighted by Crippen LogP contribution is 2.28. The molecule has 0 amide bonds. The van der Waals surface area contributed by atoms with E-state index in [1.54, 1.807) is 26.1 Å². The quantitative estimate of drug-likeness (QED) is 0.885. The van der Waals surface area contributed by atoms with Gasteiger partial charge in [-0.1, -0.05) is 0 Å². The van der Waals surface area contributed by atoms with E-state index in [1.165, 1.54) is 0 Å². The van der Waals surface area contributed by atoms with Crippen LogP contribution in [0.5, 0.6) is 0 Å². The third kappa shape index (κ3) is 2.28. The normalized spacial score (nSPS) is 10.4. The lowest BCUT2D eigenvalue weighted by molar-refractivity contribution is 0.0526. The number of nitrogens with zero attached hydrogens (tertiary/aromatic N) is 2. The summed E-state index contributed by atoms with van der Waals surface area (Å²) in [6.45, 7) is 3.87. The summed E-state index contributed by atoms with van der Waals surface area (Å²) in [5.74, 6) is -0.392. The molecular weight excluding hydrogens is 298 g/mol. The van der Waals surface area contributed by atoms with Gasteiger partial charge in [-0.2, -0.15) is 5.10 Å². The number of esters is 1. The molecule has 94 valence electrons. The minimum atomic E-state index is -0.392. The van der Waals surface area contributed by atoms with Crippen molar-refractivity contribution in [2.45, 2.75) is 13.8 Å². The van der Waals surface area contributed by atoms with Crippen molar-refractivity contribution in [1.29, 1.82) is 0 Å². The molecule has 0 aliphatic rings. The first kappa shape index (κ1) is 12.8. The van der Waals surface area contributed by atoms with E-state index in [2.05, 4.69) is 31.1 Å². The van der Waals surface area contributed by atoms with Crippen LogP contribution >= 0.6 is 15.9 Å². The number of rotatable bonds is 3. The van der Waals surface area contributed by atoms with Crippen LogP contribution in [0.3, 0.4) is 0 Å². The maximum absolute atomic E-state index is 11.9. The molecule has 5 nitrogen and oxygen atoms in total. The van der Waals surface area contributed by atoms with Crippen LogP contribution in [0.4, 0.5) is 0 Å². The zero-order chi connectivity index (χ0) is 13.1. The Morgan fingerprint density at radius 1 is 1.50 bits per heavy atom. The van der Waals surface area contributed by atoms with E-state index in [4.69, 9.17) is 4.74 Å². The Bertz CT molecular complexity index is 580. The van der Waals surface area contributed by atoms with E-state index in [0.717, 1.165) is 4.47 Å². The van der Waals surface area contributed by atoms with Gasteiger partial charge < -0.3 is 4.74 Å². The number of hydrogen-bond acceptors (Lipinski definition) is 4. The van der Waals surface area contributed by atoms with Gasteiger partial charge in [0.05, 0.1) is 6.61 Å². The number of nitrogens with one attached hydrogen (secondary N) is 1. The van der Waals surface area contributed by atoms with Crippen molar-refractivity contribution in [3.8, 4) is 11.4 Å². The highest BCUT2D eigenvalue weighted by atomic mass is 79.9. The van der Waals surface area contributed by atoms with Gasteiger partial charge in [-0.25, -0.2) is 4.79 Å². The lowest BCUT2D eigenvalue weighted by atomic mass is 10.1. The summed E-state index contributed by atoms with van der Waals surface area (Å²) in [5, 5.41) is 6.92. The molecule has 0 aromatic carbocycles. The van der Waals surface area contributed by atoms with Gasteiger partial charge in [-0.05, 0) is 41.9 Å². The zero-order valence-corrected chi connectivity index (χ0v) is 11.6. The highest BCUT2D eigenvalue weighted by molar-refractivity contribution is 9.10. The fourth-order valence-corrected chi connectivity index (χ4v) is 2.06. The van der Waals surface area contributed by atoms with Gasteiger partial charge in [-0.3, -0.25) is 10.1 Å². The minimum Gasteiger partial charge on any atom is -0.462 e. The molecule has 2 rings (SSSR count). The van der Waals surface area contributed by atoms with Crippen molar-refractivity contribution in [2.75, 3.05) is 6.61 Å². The summed E-state index contributed by atoms with van der Waals surface area (Å²) in [4.78, 5) is 16.1. The molecule has 0 fully saturated rings. The van der Waals surface area contributed by atoms with Crippen molar-refractivity contribution >= 4 is 21.9 Å². The molecule has 0 atom stereocenters. The lowest BCUT2D eigenvalue weighted by Crippen LogP contribution is -2.07. The maximum Gasteiger partial charge on any atom is 0.342 e. The number of aromatic nitrogens is 3. The van der Waals surface area contributed by atoms with Crippen LogP contribution < -0.4 is 0 Å². The maximum atomic E-state index is 11.9. The molecule has 2 heterocycles. The van der Waals surface area contributed by atoms with Crippen molar-refractivity contribution in [1.82, 2.24) is 15.2 Å². The van der Waals surface area contributed by atoms with E-state index in [1.807, 2.05) is 6.07 Å². The molecule has 1 N–H and O–H groups in total. The van der Waals surface area contributed by atoms with Crippen LogP contribution in [0, 0.1) is 6.92 Å². The predicted octanol–water partition coefficient (Wildman–Crippen LogP) is 2.72. The molecule has 0 saturated carbocycles. The fourth-order valence-electron chi connectivity index (χ4n) is 1.61. The lowest BCUT2D eigenvalue weighted by Gasteiger charge is -2.04. The van der Waals surface area contributed by atoms with Crippen molar-refractivity contribution < 1.29 is 9.53 Å². The van der Waals surface area contributed by atoms with Gasteiger partial charge in [0, 0.05) is 16.4 Å². The summed E-state index contributed by atoms with van der Waals surface area (Å²) in [5.41, 5.74) is 2.21. The van der Waals surface area contributed by atoms with Gasteiger partial charge in [0.2, 0.25) is 0 Å². The Morgan fingerprint density at radius 3 is 2.94 bits per heavy atom. The van der Waals surface area contributed by atoms with Gasteiger partial charge in [0.15, 0.2) is 0 Å². The predicted molar refractivity (Wildman–Crippen MR) is 70.2 cm³/mol. The molecule has 0 aliphatic carbocycles. The molecule has 2 aromatic heterocycles. The number of halogens is 1. The molecule has 0 aliphatic heterocycles. The van der Waals surface area contributed by atoms with Gasteiger partial charge >= 0.3 is 5.97 Å². The number of hydrogen-bond donors (Lipinski definition) is 1. The number of carbonyl (C=O) groups excluding carboxylic acids is 1. The molecule has 6 heteroatoms. The average molecular weight is 310 g/mol. The largest absolute Gasteiger partial charge is 0.462 e. The fraction of sp³-hybridized carbons (Fsp3) is 0.250. The van der Waals surface area contributed by atoms with Crippen LogP contribution in [0.15, 0.2) is 22.8 Å². The molecule has 0 unspecified atom stereocenters. The van der Waals surface area contributed by atoms with E-state index in [-0.39, 0.29) is 0 Å². The number of pyridine rings is 1. The van der Waals surface area contributed by atoms with E-state index in [9.17, 15) is 4.79 Å². The summed E-state index contributed by atoms with van der Waals surface area (Å²) in [6, 6.07) is 3.65. The van der Waals surface area contributed by atoms with Gasteiger partial charge in [0.1, 0.15) is 17.0 Å². The zero-order valence-electron chi connectivity index (χ0n) is 10.0. The second kappa shape index (κ2) is 5.30. The third-order valence-corrected chi connectivity index (χ3v) is 3.05. The Hall–Kier alpha value is -1.69. The highest BCUT2D eigenvalue weighted by Gasteiger charge is 2.22. The number of ether oxygens (including phenoxy) is 1. The average Bonchev–Trinajstić information content (AvgIpc) is 2.72. The second-order valence-corrected chi connectivity index (χ2v) is 4.48. The second-order valence-electron chi connectivity index (χ2n) is 3.63. The number of H-pyrrole nitrogens is 1. The Labute approximate surface area is 113 Å². The Kier molecular flexibility index (Phi) is 3.76. The first-order chi connectivity index (χ1) is 8.65. The molecule has 0 bridgehead atoms. The van der Waals surface area contributed by atoms with Crippen LogP contribution in [-0.4, -0.2) is 27.8 Å². The van der Waals surface area contributed by atoms with Gasteiger partial charge in [-0.15, -0.1) is 0 Å². The molecular formula is C12H12BrN3O2. The monoisotopic (exact) mass is 309 g/mol. The summed E-state index contributed by atoms with van der Waals surface area (Å²) in [6.07, 6.45) is 1.65. The molecule has 0 spiro atoms. The number of carbonyl (C=O) groups is 1. The first-order valence-corrected chi connectivity index (χ1v) is 6.27. The molecule has 18 heavy (non-hydrogen) atoms. The minimum absolute atomic E-state index is 0.326. The third-order valence-electron chi connectivity index (χ3n) is 2.41. The van der Waals surface area contributed by atoms with Crippen LogP contribution in [-0.2, 0) is 4.74 Å². The van der Waals surface area contributed by atoms with Crippen molar-refractivity contribution in [2.24, 2.45) is 0 Å². The van der Waals surface area contributed by atoms with Crippen LogP contribution in [0.2, 0.25) is 0 Å². The van der Waals surface area contributed by atoms with E-state index in [0.29, 0.717) is 29.3 Å². The standard InChI is InChI=1S/C12H12BrN3O2/c1-3-18-12(17)9-7(2)15-16-11(9)10-8(13)5-4-6-14-10/h4-6H,3H2,1-2H3,(H,15,16). The van der Waals surface area contributed by atoms with E-state index >= 15 is 0 Å². The van der Waals surface area contributed by atoms with E-state index < -0.39 is 5.97 Å².